The highest BCUT2D eigenvalue weighted by Crippen LogP contribution is 2.22. The van der Waals surface area contributed by atoms with E-state index in [0.717, 1.165) is 17.9 Å². The molecule has 2 heterocycles. The van der Waals surface area contributed by atoms with Gasteiger partial charge in [0.25, 0.3) is 5.91 Å². The monoisotopic (exact) mass is 338 g/mol. The van der Waals surface area contributed by atoms with E-state index in [9.17, 15) is 4.79 Å². The van der Waals surface area contributed by atoms with Crippen molar-refractivity contribution in [1.82, 2.24) is 19.7 Å². The average molecular weight is 338 g/mol. The smallest absolute Gasteiger partial charge is 0.256 e. The molecule has 0 aliphatic rings. The third kappa shape index (κ3) is 3.42. The van der Waals surface area contributed by atoms with E-state index in [1.54, 1.807) is 18.0 Å². The molecule has 6 nitrogen and oxygen atoms in total. The summed E-state index contributed by atoms with van der Waals surface area (Å²) in [6.45, 7) is 4.03. The van der Waals surface area contributed by atoms with Crippen molar-refractivity contribution < 1.29 is 9.53 Å². The van der Waals surface area contributed by atoms with Crippen LogP contribution >= 0.6 is 0 Å². The highest BCUT2D eigenvalue weighted by molar-refractivity contribution is 5.97. The van der Waals surface area contributed by atoms with Crippen LogP contribution in [0.5, 0.6) is 5.75 Å². The van der Waals surface area contributed by atoms with Crippen LogP contribution in [0, 0.1) is 0 Å². The lowest BCUT2D eigenvalue weighted by Crippen LogP contribution is -2.32. The molecule has 0 bridgehead atoms. The van der Waals surface area contributed by atoms with E-state index in [0.29, 0.717) is 11.4 Å². The second kappa shape index (κ2) is 7.25. The number of methoxy groups -OCH3 is 1. The first kappa shape index (κ1) is 16.8. The fourth-order valence-corrected chi connectivity index (χ4v) is 2.54. The first-order chi connectivity index (χ1) is 12.1. The maximum Gasteiger partial charge on any atom is 0.256 e. The third-order valence-corrected chi connectivity index (χ3v) is 4.14. The van der Waals surface area contributed by atoms with Gasteiger partial charge in [0.15, 0.2) is 5.82 Å². The van der Waals surface area contributed by atoms with Gasteiger partial charge in [0, 0.05) is 18.4 Å². The Morgan fingerprint density at radius 2 is 1.92 bits per heavy atom. The third-order valence-electron chi connectivity index (χ3n) is 4.14. The van der Waals surface area contributed by atoms with Gasteiger partial charge in [0.05, 0.1) is 19.0 Å². The van der Waals surface area contributed by atoms with E-state index in [1.165, 1.54) is 0 Å². The van der Waals surface area contributed by atoms with Crippen LogP contribution in [0.1, 0.15) is 30.6 Å². The number of hydrogen-bond donors (Lipinski definition) is 1. The minimum absolute atomic E-state index is 0.106. The van der Waals surface area contributed by atoms with Crippen molar-refractivity contribution in [3.8, 4) is 17.3 Å². The zero-order valence-corrected chi connectivity index (χ0v) is 14.6. The quantitative estimate of drug-likeness (QED) is 0.751. The van der Waals surface area contributed by atoms with Gasteiger partial charge in [0.2, 0.25) is 0 Å². The van der Waals surface area contributed by atoms with Gasteiger partial charge in [-0.3, -0.25) is 4.79 Å². The van der Waals surface area contributed by atoms with Crippen molar-refractivity contribution in [2.75, 3.05) is 7.11 Å². The molecule has 0 radical (unpaired) electrons. The summed E-state index contributed by atoms with van der Waals surface area (Å²) in [7, 11) is 1.63. The molecule has 130 valence electrons. The minimum Gasteiger partial charge on any atom is -0.497 e. The van der Waals surface area contributed by atoms with Crippen LogP contribution in [-0.2, 0) is 0 Å². The Morgan fingerprint density at radius 1 is 1.24 bits per heavy atom. The predicted molar refractivity (Wildman–Crippen MR) is 96.7 cm³/mol. The largest absolute Gasteiger partial charge is 0.497 e. The lowest BCUT2D eigenvalue weighted by molar-refractivity contribution is 0.0939. The Balaban J connectivity index is 2.05. The molecular weight excluding hydrogens is 316 g/mol. The molecule has 0 spiro atoms. The molecular formula is C19H22N4O2. The first-order valence-corrected chi connectivity index (χ1v) is 8.30. The number of ether oxygens (including phenoxy) is 1. The molecule has 3 rings (SSSR count). The zero-order chi connectivity index (χ0) is 17.8. The van der Waals surface area contributed by atoms with Gasteiger partial charge in [-0.05, 0) is 49.7 Å². The fourth-order valence-electron chi connectivity index (χ4n) is 2.54. The molecule has 0 saturated heterocycles. The van der Waals surface area contributed by atoms with E-state index in [-0.39, 0.29) is 11.9 Å². The Labute approximate surface area is 147 Å². The molecule has 25 heavy (non-hydrogen) atoms. The van der Waals surface area contributed by atoms with Crippen LogP contribution in [0.2, 0.25) is 0 Å². The number of benzene rings is 1. The van der Waals surface area contributed by atoms with E-state index >= 15 is 0 Å². The second-order valence-corrected chi connectivity index (χ2v) is 5.86. The minimum atomic E-state index is -0.127. The van der Waals surface area contributed by atoms with Gasteiger partial charge in [-0.25, -0.2) is 4.68 Å². The van der Waals surface area contributed by atoms with Crippen LogP contribution in [-0.4, -0.2) is 33.4 Å². The van der Waals surface area contributed by atoms with Crippen molar-refractivity contribution in [3.05, 3.63) is 60.6 Å². The zero-order valence-electron chi connectivity index (χ0n) is 14.6. The predicted octanol–water partition coefficient (Wildman–Crippen LogP) is 3.20. The number of nitrogens with one attached hydrogen (secondary N) is 1. The molecule has 0 saturated carbocycles. The first-order valence-electron chi connectivity index (χ1n) is 8.30. The molecule has 0 aliphatic heterocycles. The summed E-state index contributed by atoms with van der Waals surface area (Å²) >= 11 is 0. The Morgan fingerprint density at radius 3 is 2.52 bits per heavy atom. The standard InChI is InChI=1S/C19H22N4O2/c1-4-14(2)21-18(24)17-13-20-23(19(17)22-11-5-6-12-22)15-7-9-16(25-3)10-8-15/h5-14H,4H2,1-3H3,(H,21,24)/t14-/m0/s1. The van der Waals surface area contributed by atoms with E-state index in [1.807, 2.05) is 67.2 Å². The van der Waals surface area contributed by atoms with Gasteiger partial charge in [-0.1, -0.05) is 6.92 Å². The van der Waals surface area contributed by atoms with Gasteiger partial charge in [-0.15, -0.1) is 0 Å². The van der Waals surface area contributed by atoms with Gasteiger partial charge >= 0.3 is 0 Å². The molecule has 2 aromatic heterocycles. The Bertz CT molecular complexity index is 835. The molecule has 1 amide bonds. The van der Waals surface area contributed by atoms with Crippen molar-refractivity contribution in [2.24, 2.45) is 0 Å². The van der Waals surface area contributed by atoms with Crippen LogP contribution in [0.4, 0.5) is 0 Å². The number of nitrogens with zero attached hydrogens (tertiary/aromatic N) is 3. The molecule has 3 aromatic rings. The van der Waals surface area contributed by atoms with E-state index in [2.05, 4.69) is 10.4 Å². The second-order valence-electron chi connectivity index (χ2n) is 5.86. The summed E-state index contributed by atoms with van der Waals surface area (Å²) in [5.41, 5.74) is 1.39. The molecule has 1 aromatic carbocycles. The molecule has 0 unspecified atom stereocenters. The highest BCUT2D eigenvalue weighted by Gasteiger charge is 2.20. The summed E-state index contributed by atoms with van der Waals surface area (Å²) in [6.07, 6.45) is 6.28. The Kier molecular flexibility index (Phi) is 4.88. The van der Waals surface area contributed by atoms with Gasteiger partial charge in [0.1, 0.15) is 11.3 Å². The maximum absolute atomic E-state index is 12.7. The maximum atomic E-state index is 12.7. The summed E-state index contributed by atoms with van der Waals surface area (Å²) < 4.78 is 8.85. The lowest BCUT2D eigenvalue weighted by Gasteiger charge is -2.14. The van der Waals surface area contributed by atoms with Crippen LogP contribution in [0.15, 0.2) is 55.0 Å². The number of rotatable bonds is 6. The van der Waals surface area contributed by atoms with Gasteiger partial charge < -0.3 is 14.6 Å². The number of amides is 1. The van der Waals surface area contributed by atoms with Gasteiger partial charge in [-0.2, -0.15) is 5.10 Å². The SMILES string of the molecule is CC[C@H](C)NC(=O)c1cnn(-c2ccc(OC)cc2)c1-n1cccc1. The topological polar surface area (TPSA) is 61.1 Å². The number of carbonyl (C=O) groups excluding carboxylic acids is 1. The summed E-state index contributed by atoms with van der Waals surface area (Å²) in [5, 5.41) is 7.45. The van der Waals surface area contributed by atoms with Crippen molar-refractivity contribution in [1.29, 1.82) is 0 Å². The van der Waals surface area contributed by atoms with E-state index in [4.69, 9.17) is 4.74 Å². The molecule has 1 atom stereocenters. The van der Waals surface area contributed by atoms with Crippen LogP contribution in [0.25, 0.3) is 11.5 Å². The van der Waals surface area contributed by atoms with E-state index < -0.39 is 0 Å². The fraction of sp³-hybridized carbons (Fsp3) is 0.263. The summed E-state index contributed by atoms with van der Waals surface area (Å²) in [4.78, 5) is 12.7. The van der Waals surface area contributed by atoms with Crippen LogP contribution in [0.3, 0.4) is 0 Å². The normalized spacial score (nSPS) is 12.0. The molecule has 0 aliphatic carbocycles. The molecule has 1 N–H and O–H groups in total. The van der Waals surface area contributed by atoms with Crippen molar-refractivity contribution >= 4 is 5.91 Å². The average Bonchev–Trinajstić information content (AvgIpc) is 3.30. The number of hydrogen-bond acceptors (Lipinski definition) is 3. The number of aromatic nitrogens is 3. The molecule has 0 fully saturated rings. The summed E-state index contributed by atoms with van der Waals surface area (Å²) in [5.74, 6) is 1.35. The molecule has 6 heteroatoms. The summed E-state index contributed by atoms with van der Waals surface area (Å²) in [6, 6.07) is 11.5. The van der Waals surface area contributed by atoms with Crippen LogP contribution < -0.4 is 10.1 Å². The number of carbonyl (C=O) groups is 1. The van der Waals surface area contributed by atoms with Crippen molar-refractivity contribution in [2.45, 2.75) is 26.3 Å². The Hall–Kier alpha value is -3.02. The van der Waals surface area contributed by atoms with Crippen molar-refractivity contribution in [3.63, 3.8) is 0 Å². The lowest BCUT2D eigenvalue weighted by atomic mass is 10.2. The highest BCUT2D eigenvalue weighted by atomic mass is 16.5.